The van der Waals surface area contributed by atoms with Gasteiger partial charge in [-0.1, -0.05) is 0 Å². The zero-order chi connectivity index (χ0) is 9.97. The van der Waals surface area contributed by atoms with Crippen LogP contribution in [0.2, 0.25) is 0 Å². The number of hydrogen-bond acceptors (Lipinski definition) is 5. The molecule has 0 spiro atoms. The standard InChI is InChI=1S/C8H5N3O2S/c12-8(13)5-1-10-7(11-2-5)6-3-9-4-14-6/h1-4H,(H,12,13). The highest BCUT2D eigenvalue weighted by Gasteiger charge is 2.06. The van der Waals surface area contributed by atoms with Crippen molar-refractivity contribution in [2.75, 3.05) is 0 Å². The van der Waals surface area contributed by atoms with Gasteiger partial charge in [-0.05, 0) is 0 Å². The Kier molecular flexibility index (Phi) is 2.19. The van der Waals surface area contributed by atoms with E-state index >= 15 is 0 Å². The third kappa shape index (κ3) is 1.60. The van der Waals surface area contributed by atoms with E-state index in [1.165, 1.54) is 23.7 Å². The molecular weight excluding hydrogens is 202 g/mol. The zero-order valence-electron chi connectivity index (χ0n) is 6.91. The topological polar surface area (TPSA) is 76.0 Å². The first kappa shape index (κ1) is 8.76. The van der Waals surface area contributed by atoms with Gasteiger partial charge < -0.3 is 5.11 Å². The van der Waals surface area contributed by atoms with E-state index in [4.69, 9.17) is 5.11 Å². The van der Waals surface area contributed by atoms with Crippen LogP contribution in [0.4, 0.5) is 0 Å². The first-order valence-electron chi connectivity index (χ1n) is 3.71. The number of hydrogen-bond donors (Lipinski definition) is 1. The van der Waals surface area contributed by atoms with Crippen LogP contribution in [-0.4, -0.2) is 26.0 Å². The summed E-state index contributed by atoms with van der Waals surface area (Å²) in [5.41, 5.74) is 1.75. The minimum Gasteiger partial charge on any atom is -0.478 e. The Balaban J connectivity index is 2.36. The Labute approximate surface area is 83.1 Å². The molecule has 70 valence electrons. The maximum atomic E-state index is 10.5. The van der Waals surface area contributed by atoms with Crippen molar-refractivity contribution in [3.8, 4) is 10.7 Å². The summed E-state index contributed by atoms with van der Waals surface area (Å²) < 4.78 is 0. The molecule has 0 saturated heterocycles. The Morgan fingerprint density at radius 2 is 2.00 bits per heavy atom. The van der Waals surface area contributed by atoms with Gasteiger partial charge in [0.2, 0.25) is 0 Å². The molecule has 0 unspecified atom stereocenters. The number of thiazole rings is 1. The van der Waals surface area contributed by atoms with Crippen LogP contribution in [0.3, 0.4) is 0 Å². The summed E-state index contributed by atoms with van der Waals surface area (Å²) in [4.78, 5) is 23.1. The van der Waals surface area contributed by atoms with E-state index in [0.29, 0.717) is 5.82 Å². The lowest BCUT2D eigenvalue weighted by molar-refractivity contribution is 0.0696. The van der Waals surface area contributed by atoms with E-state index in [-0.39, 0.29) is 5.56 Å². The predicted octanol–water partition coefficient (Wildman–Crippen LogP) is 1.30. The number of rotatable bonds is 2. The number of aromatic nitrogens is 3. The molecule has 0 fully saturated rings. The summed E-state index contributed by atoms with van der Waals surface area (Å²) in [5, 5.41) is 8.62. The molecule has 2 aromatic rings. The monoisotopic (exact) mass is 207 g/mol. The summed E-state index contributed by atoms with van der Waals surface area (Å²) >= 11 is 1.41. The van der Waals surface area contributed by atoms with Gasteiger partial charge in [0.15, 0.2) is 5.82 Å². The maximum absolute atomic E-state index is 10.5. The first-order chi connectivity index (χ1) is 6.77. The first-order valence-corrected chi connectivity index (χ1v) is 4.59. The van der Waals surface area contributed by atoms with Gasteiger partial charge in [-0.15, -0.1) is 11.3 Å². The smallest absolute Gasteiger partial charge is 0.338 e. The summed E-state index contributed by atoms with van der Waals surface area (Å²) in [7, 11) is 0. The summed E-state index contributed by atoms with van der Waals surface area (Å²) in [5.74, 6) is -0.529. The number of carbonyl (C=O) groups is 1. The van der Waals surface area contributed by atoms with Gasteiger partial charge in [0, 0.05) is 18.6 Å². The van der Waals surface area contributed by atoms with Gasteiger partial charge in [-0.3, -0.25) is 4.98 Å². The van der Waals surface area contributed by atoms with E-state index in [2.05, 4.69) is 15.0 Å². The molecular formula is C8H5N3O2S. The Bertz CT molecular complexity index is 438. The van der Waals surface area contributed by atoms with Crippen LogP contribution in [0, 0.1) is 0 Å². The second kappa shape index (κ2) is 3.51. The average molecular weight is 207 g/mol. The van der Waals surface area contributed by atoms with E-state index < -0.39 is 5.97 Å². The fraction of sp³-hybridized carbons (Fsp3) is 0. The molecule has 2 aromatic heterocycles. The van der Waals surface area contributed by atoms with Crippen molar-refractivity contribution in [1.29, 1.82) is 0 Å². The number of aromatic carboxylic acids is 1. The van der Waals surface area contributed by atoms with Crippen molar-refractivity contribution in [3.05, 3.63) is 29.7 Å². The van der Waals surface area contributed by atoms with Crippen molar-refractivity contribution in [2.45, 2.75) is 0 Å². The lowest BCUT2D eigenvalue weighted by Gasteiger charge is -1.95. The molecule has 0 aliphatic heterocycles. The Hall–Kier alpha value is -1.82. The molecule has 2 heterocycles. The molecule has 0 atom stereocenters. The van der Waals surface area contributed by atoms with Gasteiger partial charge in [-0.2, -0.15) is 0 Å². The molecule has 6 heteroatoms. The van der Waals surface area contributed by atoms with Crippen LogP contribution in [0.15, 0.2) is 24.1 Å². The molecule has 0 saturated carbocycles. The molecule has 5 nitrogen and oxygen atoms in total. The fourth-order valence-electron chi connectivity index (χ4n) is 0.892. The quantitative estimate of drug-likeness (QED) is 0.803. The van der Waals surface area contributed by atoms with Crippen LogP contribution in [-0.2, 0) is 0 Å². The highest BCUT2D eigenvalue weighted by molar-refractivity contribution is 7.13. The van der Waals surface area contributed by atoms with E-state index in [9.17, 15) is 4.79 Å². The van der Waals surface area contributed by atoms with Crippen molar-refractivity contribution in [1.82, 2.24) is 15.0 Å². The van der Waals surface area contributed by atoms with Crippen molar-refractivity contribution >= 4 is 17.3 Å². The largest absolute Gasteiger partial charge is 0.478 e. The van der Waals surface area contributed by atoms with Crippen LogP contribution in [0.25, 0.3) is 10.7 Å². The number of nitrogens with zero attached hydrogens (tertiary/aromatic N) is 3. The zero-order valence-corrected chi connectivity index (χ0v) is 7.73. The number of carboxylic acid groups (broad SMARTS) is 1. The molecule has 0 amide bonds. The number of carboxylic acids is 1. The third-order valence-corrected chi connectivity index (χ3v) is 2.32. The molecule has 0 radical (unpaired) electrons. The van der Waals surface area contributed by atoms with Gasteiger partial charge in [0.1, 0.15) is 0 Å². The second-order valence-corrected chi connectivity index (χ2v) is 3.35. The fourth-order valence-corrected chi connectivity index (χ4v) is 1.46. The lowest BCUT2D eigenvalue weighted by atomic mass is 10.3. The SMILES string of the molecule is O=C(O)c1cnc(-c2cncs2)nc1. The van der Waals surface area contributed by atoms with Crippen LogP contribution in [0.5, 0.6) is 0 Å². The van der Waals surface area contributed by atoms with Crippen molar-refractivity contribution in [2.24, 2.45) is 0 Å². The Morgan fingerprint density at radius 1 is 1.29 bits per heavy atom. The summed E-state index contributed by atoms with van der Waals surface area (Å²) in [6.45, 7) is 0. The maximum Gasteiger partial charge on any atom is 0.338 e. The third-order valence-electron chi connectivity index (χ3n) is 1.55. The second-order valence-electron chi connectivity index (χ2n) is 2.47. The van der Waals surface area contributed by atoms with E-state index in [1.807, 2.05) is 0 Å². The summed E-state index contributed by atoms with van der Waals surface area (Å²) in [6, 6.07) is 0. The van der Waals surface area contributed by atoms with Gasteiger partial charge in [-0.25, -0.2) is 14.8 Å². The van der Waals surface area contributed by atoms with Gasteiger partial charge >= 0.3 is 5.97 Å². The molecule has 0 aliphatic carbocycles. The van der Waals surface area contributed by atoms with Crippen LogP contribution >= 0.6 is 11.3 Å². The van der Waals surface area contributed by atoms with Crippen molar-refractivity contribution in [3.63, 3.8) is 0 Å². The molecule has 0 aromatic carbocycles. The average Bonchev–Trinajstić information content (AvgIpc) is 2.71. The van der Waals surface area contributed by atoms with Gasteiger partial charge in [0.25, 0.3) is 0 Å². The normalized spacial score (nSPS) is 10.0. The minimum absolute atomic E-state index is 0.0817. The lowest BCUT2D eigenvalue weighted by Crippen LogP contribution is -1.98. The van der Waals surface area contributed by atoms with Crippen LogP contribution < -0.4 is 0 Å². The summed E-state index contributed by atoms with van der Waals surface area (Å²) in [6.07, 6.45) is 4.20. The van der Waals surface area contributed by atoms with E-state index in [1.54, 1.807) is 11.7 Å². The van der Waals surface area contributed by atoms with Crippen molar-refractivity contribution < 1.29 is 9.90 Å². The highest BCUT2D eigenvalue weighted by Crippen LogP contribution is 2.18. The Morgan fingerprint density at radius 3 is 2.50 bits per heavy atom. The predicted molar refractivity (Wildman–Crippen MR) is 50.1 cm³/mol. The molecule has 0 aliphatic rings. The van der Waals surface area contributed by atoms with Crippen LogP contribution in [0.1, 0.15) is 10.4 Å². The molecule has 2 rings (SSSR count). The molecule has 14 heavy (non-hydrogen) atoms. The van der Waals surface area contributed by atoms with Gasteiger partial charge in [0.05, 0.1) is 16.0 Å². The highest BCUT2D eigenvalue weighted by atomic mass is 32.1. The minimum atomic E-state index is -1.03. The van der Waals surface area contributed by atoms with E-state index in [0.717, 1.165) is 4.88 Å². The molecule has 1 N–H and O–H groups in total. The molecule has 0 bridgehead atoms.